The molecule has 1 heterocycles. The van der Waals surface area contributed by atoms with Crippen LogP contribution in [0, 0.1) is 0 Å². The lowest BCUT2D eigenvalue weighted by molar-refractivity contribution is -0.131. The summed E-state index contributed by atoms with van der Waals surface area (Å²) in [5, 5.41) is 0. The summed E-state index contributed by atoms with van der Waals surface area (Å²) in [5.74, 6) is 1.07. The van der Waals surface area contributed by atoms with E-state index < -0.39 is 5.54 Å². The molecule has 0 radical (unpaired) electrons. The van der Waals surface area contributed by atoms with Crippen molar-refractivity contribution < 1.29 is 4.79 Å². The zero-order chi connectivity index (χ0) is 16.6. The molecule has 0 aromatic heterocycles. The number of amides is 1. The molecule has 1 aliphatic heterocycles. The molecule has 0 bridgehead atoms. The number of hydrogen-bond acceptors (Lipinski definition) is 2. The van der Waals surface area contributed by atoms with Crippen molar-refractivity contribution in [2.45, 2.75) is 44.7 Å². The smallest absolute Gasteiger partial charge is 0.256 e. The topological polar surface area (TPSA) is 32.7 Å². The first kappa shape index (κ1) is 15.1. The van der Waals surface area contributed by atoms with Crippen LogP contribution in [0.1, 0.15) is 38.2 Å². The predicted molar refractivity (Wildman–Crippen MR) is 96.7 cm³/mol. The molecule has 0 N–H and O–H groups in total. The molecule has 24 heavy (non-hydrogen) atoms. The molecule has 1 fully saturated rings. The van der Waals surface area contributed by atoms with E-state index in [1.165, 1.54) is 11.1 Å². The zero-order valence-electron chi connectivity index (χ0n) is 14.0. The largest absolute Gasteiger partial charge is 0.294 e. The SMILES string of the molecule is CC1=NC2(CCCC2)C(=O)N1Cc1ccc(-c2ccccc2)cc1. The lowest BCUT2D eigenvalue weighted by atomic mass is 9.98. The van der Waals surface area contributed by atoms with Crippen LogP contribution in [0.15, 0.2) is 59.6 Å². The number of carbonyl (C=O) groups is 1. The molecule has 4 rings (SSSR count). The molecule has 0 atom stereocenters. The Morgan fingerprint density at radius 3 is 2.25 bits per heavy atom. The van der Waals surface area contributed by atoms with Crippen molar-refractivity contribution in [3.8, 4) is 11.1 Å². The van der Waals surface area contributed by atoms with Crippen molar-refractivity contribution in [3.05, 3.63) is 60.2 Å². The Hall–Kier alpha value is -2.42. The van der Waals surface area contributed by atoms with Crippen LogP contribution in [0.5, 0.6) is 0 Å². The Kier molecular flexibility index (Phi) is 3.72. The molecule has 3 heteroatoms. The number of amidine groups is 1. The van der Waals surface area contributed by atoms with Gasteiger partial charge in [0.1, 0.15) is 11.4 Å². The van der Waals surface area contributed by atoms with Gasteiger partial charge in [0.15, 0.2) is 0 Å². The van der Waals surface area contributed by atoms with Crippen molar-refractivity contribution in [3.63, 3.8) is 0 Å². The summed E-state index contributed by atoms with van der Waals surface area (Å²) in [6.45, 7) is 2.58. The minimum atomic E-state index is -0.436. The first-order valence-corrected chi connectivity index (χ1v) is 8.71. The van der Waals surface area contributed by atoms with E-state index in [9.17, 15) is 4.79 Å². The van der Waals surface area contributed by atoms with E-state index in [2.05, 4.69) is 36.4 Å². The molecular weight excluding hydrogens is 296 g/mol. The van der Waals surface area contributed by atoms with Crippen molar-refractivity contribution >= 4 is 11.7 Å². The standard InChI is InChI=1S/C21H22N2O/c1-16-22-21(13-5-6-14-21)20(24)23(16)15-17-9-11-19(12-10-17)18-7-3-2-4-8-18/h2-4,7-12H,5-6,13-15H2,1H3. The van der Waals surface area contributed by atoms with Crippen LogP contribution in [-0.2, 0) is 11.3 Å². The van der Waals surface area contributed by atoms with Gasteiger partial charge in [-0.05, 0) is 36.5 Å². The van der Waals surface area contributed by atoms with Crippen LogP contribution in [-0.4, -0.2) is 22.2 Å². The van der Waals surface area contributed by atoms with Gasteiger partial charge in [-0.25, -0.2) is 0 Å². The second kappa shape index (κ2) is 5.90. The van der Waals surface area contributed by atoms with E-state index in [4.69, 9.17) is 4.99 Å². The second-order valence-corrected chi connectivity index (χ2v) is 6.85. The fourth-order valence-electron chi connectivity index (χ4n) is 3.90. The molecule has 0 unspecified atom stereocenters. The third kappa shape index (κ3) is 2.54. The summed E-state index contributed by atoms with van der Waals surface area (Å²) in [4.78, 5) is 19.4. The first-order valence-electron chi connectivity index (χ1n) is 8.71. The lowest BCUT2D eigenvalue weighted by Crippen LogP contribution is -2.40. The minimum absolute atomic E-state index is 0.199. The number of rotatable bonds is 3. The molecule has 122 valence electrons. The van der Waals surface area contributed by atoms with Gasteiger partial charge in [-0.1, -0.05) is 67.4 Å². The molecule has 2 aromatic carbocycles. The highest BCUT2D eigenvalue weighted by Crippen LogP contribution is 2.39. The maximum Gasteiger partial charge on any atom is 0.256 e. The normalized spacial score (nSPS) is 19.1. The molecular formula is C21H22N2O. The van der Waals surface area contributed by atoms with Gasteiger partial charge in [0.2, 0.25) is 0 Å². The summed E-state index contributed by atoms with van der Waals surface area (Å²) in [6, 6.07) is 18.8. The number of carbonyl (C=O) groups excluding carboxylic acids is 1. The van der Waals surface area contributed by atoms with E-state index in [-0.39, 0.29) is 5.91 Å². The molecule has 3 nitrogen and oxygen atoms in total. The van der Waals surface area contributed by atoms with E-state index in [0.717, 1.165) is 37.1 Å². The molecule has 1 aliphatic carbocycles. The highest BCUT2D eigenvalue weighted by Gasteiger charge is 2.48. The van der Waals surface area contributed by atoms with Gasteiger partial charge in [0.25, 0.3) is 5.91 Å². The number of benzene rings is 2. The quantitative estimate of drug-likeness (QED) is 0.824. The van der Waals surface area contributed by atoms with E-state index in [1.54, 1.807) is 0 Å². The van der Waals surface area contributed by atoms with Gasteiger partial charge >= 0.3 is 0 Å². The minimum Gasteiger partial charge on any atom is -0.294 e. The Morgan fingerprint density at radius 2 is 1.58 bits per heavy atom. The molecule has 1 spiro atoms. The van der Waals surface area contributed by atoms with Gasteiger partial charge in [0.05, 0.1) is 6.54 Å². The summed E-state index contributed by atoms with van der Waals surface area (Å²) >= 11 is 0. The van der Waals surface area contributed by atoms with Crippen LogP contribution >= 0.6 is 0 Å². The molecule has 1 saturated carbocycles. The fraction of sp³-hybridized carbons (Fsp3) is 0.333. The van der Waals surface area contributed by atoms with E-state index >= 15 is 0 Å². The monoisotopic (exact) mass is 318 g/mol. The maximum atomic E-state index is 12.8. The van der Waals surface area contributed by atoms with Gasteiger partial charge < -0.3 is 0 Å². The highest BCUT2D eigenvalue weighted by molar-refractivity contribution is 6.07. The Bertz CT molecular complexity index is 771. The summed E-state index contributed by atoms with van der Waals surface area (Å²) in [7, 11) is 0. The van der Waals surface area contributed by atoms with Gasteiger partial charge in [-0.15, -0.1) is 0 Å². The summed E-state index contributed by atoms with van der Waals surface area (Å²) < 4.78 is 0. The zero-order valence-corrected chi connectivity index (χ0v) is 14.0. The van der Waals surface area contributed by atoms with Gasteiger partial charge in [-0.2, -0.15) is 0 Å². The van der Waals surface area contributed by atoms with Gasteiger partial charge in [0, 0.05) is 0 Å². The summed E-state index contributed by atoms with van der Waals surface area (Å²) in [6.07, 6.45) is 4.05. The average Bonchev–Trinajstić information content (AvgIpc) is 3.17. The molecule has 1 amide bonds. The first-order chi connectivity index (χ1) is 11.7. The Labute approximate surface area is 143 Å². The maximum absolute atomic E-state index is 12.8. The summed E-state index contributed by atoms with van der Waals surface area (Å²) in [5.41, 5.74) is 3.12. The second-order valence-electron chi connectivity index (χ2n) is 6.85. The van der Waals surface area contributed by atoms with Gasteiger partial charge in [-0.3, -0.25) is 14.7 Å². The number of hydrogen-bond donors (Lipinski definition) is 0. The predicted octanol–water partition coefficient (Wildman–Crippen LogP) is 4.43. The van der Waals surface area contributed by atoms with Crippen LogP contribution in [0.2, 0.25) is 0 Å². The van der Waals surface area contributed by atoms with Crippen molar-refractivity contribution in [1.82, 2.24) is 4.90 Å². The third-order valence-electron chi connectivity index (χ3n) is 5.24. The van der Waals surface area contributed by atoms with Crippen molar-refractivity contribution in [1.29, 1.82) is 0 Å². The number of nitrogens with zero attached hydrogens (tertiary/aromatic N) is 2. The molecule has 2 aliphatic rings. The van der Waals surface area contributed by atoms with E-state index in [1.807, 2.05) is 30.0 Å². The number of aliphatic imine (C=N–C) groups is 1. The van der Waals surface area contributed by atoms with Crippen molar-refractivity contribution in [2.24, 2.45) is 4.99 Å². The molecule has 0 saturated heterocycles. The Balaban J connectivity index is 1.52. The Morgan fingerprint density at radius 1 is 0.958 bits per heavy atom. The molecule has 2 aromatic rings. The van der Waals surface area contributed by atoms with Crippen molar-refractivity contribution in [2.75, 3.05) is 0 Å². The third-order valence-corrected chi connectivity index (χ3v) is 5.24. The van der Waals surface area contributed by atoms with Crippen LogP contribution in [0.25, 0.3) is 11.1 Å². The average molecular weight is 318 g/mol. The highest BCUT2D eigenvalue weighted by atomic mass is 16.2. The van der Waals surface area contributed by atoms with Crippen LogP contribution < -0.4 is 0 Å². The van der Waals surface area contributed by atoms with Crippen LogP contribution in [0.3, 0.4) is 0 Å². The van der Waals surface area contributed by atoms with Crippen LogP contribution in [0.4, 0.5) is 0 Å². The van der Waals surface area contributed by atoms with E-state index in [0.29, 0.717) is 6.54 Å². The fourth-order valence-corrected chi connectivity index (χ4v) is 3.90. The lowest BCUT2D eigenvalue weighted by Gasteiger charge is -2.22.